The van der Waals surface area contributed by atoms with Gasteiger partial charge in [-0.1, -0.05) is 12.2 Å². The molecular formula is C11H10N2O2. The largest absolute Gasteiger partial charge is 0.465 e. The van der Waals surface area contributed by atoms with Crippen LogP contribution in [0.4, 0.5) is 0 Å². The molecule has 1 aromatic rings. The van der Waals surface area contributed by atoms with Gasteiger partial charge in [-0.15, -0.1) is 0 Å². The van der Waals surface area contributed by atoms with Gasteiger partial charge in [0.05, 0.1) is 12.7 Å². The highest BCUT2D eigenvalue weighted by Gasteiger charge is 2.19. The van der Waals surface area contributed by atoms with Crippen LogP contribution in [0.25, 0.3) is 5.57 Å². The molecule has 0 N–H and O–H groups in total. The van der Waals surface area contributed by atoms with Gasteiger partial charge >= 0.3 is 5.97 Å². The number of carbonyl (C=O) groups excluding carboxylic acids is 1. The molecule has 0 saturated heterocycles. The Morgan fingerprint density at radius 1 is 1.40 bits per heavy atom. The van der Waals surface area contributed by atoms with Gasteiger partial charge in [0.25, 0.3) is 0 Å². The van der Waals surface area contributed by atoms with Gasteiger partial charge in [-0.05, 0) is 12.5 Å². The standard InChI is InChI=1S/C11H10N2O2/c1-15-11(14)9-5-2-4-8(9)10-12-6-3-7-13-10/h2-3,5-7H,4H2,1H3. The fourth-order valence-corrected chi connectivity index (χ4v) is 1.47. The van der Waals surface area contributed by atoms with Crippen LogP contribution in [-0.2, 0) is 9.53 Å². The molecule has 0 fully saturated rings. The van der Waals surface area contributed by atoms with Crippen molar-refractivity contribution >= 4 is 11.5 Å². The zero-order valence-electron chi connectivity index (χ0n) is 8.30. The summed E-state index contributed by atoms with van der Waals surface area (Å²) in [5, 5.41) is 0. The molecule has 1 aliphatic carbocycles. The van der Waals surface area contributed by atoms with Crippen LogP contribution in [0.2, 0.25) is 0 Å². The predicted octanol–water partition coefficient (Wildman–Crippen LogP) is 1.36. The van der Waals surface area contributed by atoms with Gasteiger partial charge < -0.3 is 4.74 Å². The number of hydrogen-bond acceptors (Lipinski definition) is 4. The zero-order valence-corrected chi connectivity index (χ0v) is 8.30. The maximum Gasteiger partial charge on any atom is 0.338 e. The van der Waals surface area contributed by atoms with Gasteiger partial charge in [0.1, 0.15) is 0 Å². The Kier molecular flexibility index (Phi) is 2.58. The molecule has 1 aliphatic rings. The summed E-state index contributed by atoms with van der Waals surface area (Å²) in [5.74, 6) is 0.245. The maximum absolute atomic E-state index is 11.4. The number of methoxy groups -OCH3 is 1. The van der Waals surface area contributed by atoms with Gasteiger partial charge in [-0.3, -0.25) is 0 Å². The minimum absolute atomic E-state index is 0.341. The number of hydrogen-bond donors (Lipinski definition) is 0. The van der Waals surface area contributed by atoms with E-state index in [0.717, 1.165) is 5.57 Å². The predicted molar refractivity (Wildman–Crippen MR) is 54.7 cm³/mol. The highest BCUT2D eigenvalue weighted by Crippen LogP contribution is 2.26. The Hall–Kier alpha value is -1.97. The Bertz CT molecular complexity index is 435. The summed E-state index contributed by atoms with van der Waals surface area (Å²) in [6, 6.07) is 1.74. The Labute approximate surface area is 87.3 Å². The van der Waals surface area contributed by atoms with Crippen LogP contribution in [0.1, 0.15) is 12.2 Å². The lowest BCUT2D eigenvalue weighted by Crippen LogP contribution is -2.04. The van der Waals surface area contributed by atoms with E-state index in [9.17, 15) is 4.79 Å². The van der Waals surface area contributed by atoms with Crippen LogP contribution in [0.3, 0.4) is 0 Å². The third-order valence-electron chi connectivity index (χ3n) is 2.17. The molecule has 0 atom stereocenters. The van der Waals surface area contributed by atoms with Crippen molar-refractivity contribution in [1.29, 1.82) is 0 Å². The van der Waals surface area contributed by atoms with Gasteiger partial charge in [0.15, 0.2) is 5.82 Å². The summed E-state index contributed by atoms with van der Waals surface area (Å²) in [5.41, 5.74) is 1.37. The van der Waals surface area contributed by atoms with E-state index in [1.807, 2.05) is 6.08 Å². The molecule has 0 amide bonds. The molecule has 15 heavy (non-hydrogen) atoms. The first kappa shape index (κ1) is 9.58. The number of rotatable bonds is 2. The van der Waals surface area contributed by atoms with E-state index >= 15 is 0 Å². The van der Waals surface area contributed by atoms with E-state index in [1.54, 1.807) is 24.5 Å². The number of carbonyl (C=O) groups is 1. The van der Waals surface area contributed by atoms with Crippen LogP contribution < -0.4 is 0 Å². The first-order valence-corrected chi connectivity index (χ1v) is 4.58. The second kappa shape index (κ2) is 4.04. The van der Waals surface area contributed by atoms with E-state index in [2.05, 4.69) is 14.7 Å². The molecule has 1 heterocycles. The molecule has 4 heteroatoms. The molecular weight excluding hydrogens is 192 g/mol. The normalized spacial score (nSPS) is 14.5. The van der Waals surface area contributed by atoms with E-state index in [0.29, 0.717) is 17.8 Å². The summed E-state index contributed by atoms with van der Waals surface area (Å²) in [4.78, 5) is 19.6. The number of allylic oxidation sites excluding steroid dienone is 2. The van der Waals surface area contributed by atoms with E-state index < -0.39 is 0 Å². The Balaban J connectivity index is 2.41. The van der Waals surface area contributed by atoms with E-state index in [4.69, 9.17) is 0 Å². The van der Waals surface area contributed by atoms with Crippen molar-refractivity contribution in [2.75, 3.05) is 7.11 Å². The van der Waals surface area contributed by atoms with Crippen molar-refractivity contribution in [1.82, 2.24) is 9.97 Å². The lowest BCUT2D eigenvalue weighted by atomic mass is 10.1. The fourth-order valence-electron chi connectivity index (χ4n) is 1.47. The SMILES string of the molecule is COC(=O)C1=C(c2ncccn2)CC=C1. The third kappa shape index (κ3) is 1.79. The van der Waals surface area contributed by atoms with Gasteiger partial charge in [-0.2, -0.15) is 0 Å². The third-order valence-corrected chi connectivity index (χ3v) is 2.17. The summed E-state index contributed by atoms with van der Waals surface area (Å²) in [7, 11) is 1.37. The molecule has 0 saturated carbocycles. The molecule has 0 radical (unpaired) electrons. The van der Waals surface area contributed by atoms with Crippen LogP contribution in [0.15, 0.2) is 36.2 Å². The average Bonchev–Trinajstić information content (AvgIpc) is 2.78. The minimum Gasteiger partial charge on any atom is -0.465 e. The van der Waals surface area contributed by atoms with Crippen molar-refractivity contribution in [2.45, 2.75) is 6.42 Å². The van der Waals surface area contributed by atoms with Gasteiger partial charge in [0, 0.05) is 18.0 Å². The van der Waals surface area contributed by atoms with Gasteiger partial charge in [-0.25, -0.2) is 14.8 Å². The van der Waals surface area contributed by atoms with Crippen LogP contribution in [0.5, 0.6) is 0 Å². The second-order valence-electron chi connectivity index (χ2n) is 3.06. The molecule has 1 aromatic heterocycles. The molecule has 0 bridgehead atoms. The average molecular weight is 202 g/mol. The number of nitrogens with zero attached hydrogens (tertiary/aromatic N) is 2. The van der Waals surface area contributed by atoms with Crippen molar-refractivity contribution in [2.24, 2.45) is 0 Å². The van der Waals surface area contributed by atoms with Crippen LogP contribution in [-0.4, -0.2) is 23.0 Å². The first-order chi connectivity index (χ1) is 7.33. The van der Waals surface area contributed by atoms with Crippen molar-refractivity contribution in [3.8, 4) is 0 Å². The highest BCUT2D eigenvalue weighted by atomic mass is 16.5. The molecule has 4 nitrogen and oxygen atoms in total. The smallest absolute Gasteiger partial charge is 0.338 e. The summed E-state index contributed by atoms with van der Waals surface area (Å²) in [6.07, 6.45) is 7.63. The summed E-state index contributed by atoms with van der Waals surface area (Å²) < 4.78 is 4.68. The maximum atomic E-state index is 11.4. The number of aromatic nitrogens is 2. The van der Waals surface area contributed by atoms with E-state index in [-0.39, 0.29) is 5.97 Å². The molecule has 0 aliphatic heterocycles. The molecule has 0 aromatic carbocycles. The quantitative estimate of drug-likeness (QED) is 0.679. The molecule has 0 unspecified atom stereocenters. The molecule has 2 rings (SSSR count). The second-order valence-corrected chi connectivity index (χ2v) is 3.06. The van der Waals surface area contributed by atoms with Crippen molar-refractivity contribution in [3.63, 3.8) is 0 Å². The zero-order chi connectivity index (χ0) is 10.7. The Morgan fingerprint density at radius 3 is 2.80 bits per heavy atom. The number of esters is 1. The van der Waals surface area contributed by atoms with E-state index in [1.165, 1.54) is 7.11 Å². The summed E-state index contributed by atoms with van der Waals surface area (Å²) in [6.45, 7) is 0. The van der Waals surface area contributed by atoms with Crippen molar-refractivity contribution in [3.05, 3.63) is 42.0 Å². The summed E-state index contributed by atoms with van der Waals surface area (Å²) >= 11 is 0. The fraction of sp³-hybridized carbons (Fsp3) is 0.182. The van der Waals surface area contributed by atoms with Crippen molar-refractivity contribution < 1.29 is 9.53 Å². The monoisotopic (exact) mass is 202 g/mol. The highest BCUT2D eigenvalue weighted by molar-refractivity contribution is 6.01. The van der Waals surface area contributed by atoms with Crippen LogP contribution in [0, 0.1) is 0 Å². The minimum atomic E-state index is -0.341. The van der Waals surface area contributed by atoms with Crippen LogP contribution >= 0.6 is 0 Å². The Morgan fingerprint density at radius 2 is 2.13 bits per heavy atom. The molecule has 76 valence electrons. The first-order valence-electron chi connectivity index (χ1n) is 4.58. The lowest BCUT2D eigenvalue weighted by molar-refractivity contribution is -0.135. The number of ether oxygens (including phenoxy) is 1. The topological polar surface area (TPSA) is 52.1 Å². The lowest BCUT2D eigenvalue weighted by Gasteiger charge is -2.03. The van der Waals surface area contributed by atoms with Gasteiger partial charge in [0.2, 0.25) is 0 Å². The molecule has 0 spiro atoms.